The minimum atomic E-state index is -4.31. The molecule has 1 saturated heterocycles. The lowest BCUT2D eigenvalue weighted by Gasteiger charge is -2.29. The normalized spacial score (nSPS) is 17.5. The minimum Gasteiger partial charge on any atom is -0.352 e. The molecular formula is C17H23F3N2OS. The van der Waals surface area contributed by atoms with Crippen molar-refractivity contribution >= 4 is 17.7 Å². The van der Waals surface area contributed by atoms with Crippen LogP contribution in [-0.4, -0.2) is 42.5 Å². The molecule has 1 unspecified atom stereocenters. The third kappa shape index (κ3) is 6.73. The third-order valence-electron chi connectivity index (χ3n) is 3.98. The van der Waals surface area contributed by atoms with Crippen LogP contribution < -0.4 is 5.32 Å². The van der Waals surface area contributed by atoms with E-state index < -0.39 is 5.51 Å². The molecule has 1 N–H and O–H groups in total. The molecule has 7 heteroatoms. The monoisotopic (exact) mass is 360 g/mol. The molecule has 1 heterocycles. The lowest BCUT2D eigenvalue weighted by molar-refractivity contribution is -0.0328. The summed E-state index contributed by atoms with van der Waals surface area (Å²) in [5.41, 5.74) is -3.93. The highest BCUT2D eigenvalue weighted by Gasteiger charge is 2.29. The Labute approximate surface area is 145 Å². The Morgan fingerprint density at radius 3 is 2.42 bits per heavy atom. The van der Waals surface area contributed by atoms with E-state index in [0.717, 1.165) is 19.6 Å². The third-order valence-corrected chi connectivity index (χ3v) is 4.72. The van der Waals surface area contributed by atoms with Gasteiger partial charge in [0.05, 0.1) is 0 Å². The SMILES string of the molecule is CC(CNC(=O)c1ccc(SC(F)(F)F)cc1)CN1CCCCC1. The molecule has 0 bridgehead atoms. The summed E-state index contributed by atoms with van der Waals surface area (Å²) in [6, 6.07) is 5.51. The van der Waals surface area contributed by atoms with Crippen LogP contribution in [0, 0.1) is 5.92 Å². The molecule has 1 aromatic carbocycles. The first kappa shape index (κ1) is 19.1. The van der Waals surface area contributed by atoms with Gasteiger partial charge in [-0.25, -0.2) is 0 Å². The molecule has 1 fully saturated rings. The number of rotatable bonds is 6. The molecule has 1 aromatic rings. The second kappa shape index (κ2) is 8.76. The van der Waals surface area contributed by atoms with E-state index in [9.17, 15) is 18.0 Å². The van der Waals surface area contributed by atoms with Crippen LogP contribution in [-0.2, 0) is 0 Å². The van der Waals surface area contributed by atoms with E-state index in [1.165, 1.54) is 43.5 Å². The standard InChI is InChI=1S/C17H23F3N2OS/c1-13(12-22-9-3-2-4-10-22)11-21-16(23)14-5-7-15(8-6-14)24-17(18,19)20/h5-8,13H,2-4,9-12H2,1H3,(H,21,23). The zero-order valence-electron chi connectivity index (χ0n) is 13.7. The second-order valence-corrected chi connectivity index (χ2v) is 7.39. The highest BCUT2D eigenvalue weighted by Crippen LogP contribution is 2.36. The Hall–Kier alpha value is -1.21. The molecule has 0 radical (unpaired) electrons. The maximum Gasteiger partial charge on any atom is 0.446 e. The molecule has 0 saturated carbocycles. The van der Waals surface area contributed by atoms with Crippen LogP contribution in [0.15, 0.2) is 29.2 Å². The van der Waals surface area contributed by atoms with E-state index in [-0.39, 0.29) is 22.6 Å². The van der Waals surface area contributed by atoms with E-state index >= 15 is 0 Å². The Kier molecular flexibility index (Phi) is 6.98. The van der Waals surface area contributed by atoms with Crippen LogP contribution >= 0.6 is 11.8 Å². The van der Waals surface area contributed by atoms with Crippen molar-refractivity contribution in [3.05, 3.63) is 29.8 Å². The lowest BCUT2D eigenvalue weighted by Crippen LogP contribution is -2.38. The van der Waals surface area contributed by atoms with Crippen molar-refractivity contribution in [2.75, 3.05) is 26.2 Å². The van der Waals surface area contributed by atoms with Gasteiger partial charge in [0.25, 0.3) is 5.91 Å². The van der Waals surface area contributed by atoms with E-state index in [1.54, 1.807) is 0 Å². The molecular weight excluding hydrogens is 337 g/mol. The molecule has 2 rings (SSSR count). The first-order valence-corrected chi connectivity index (χ1v) is 9.01. The zero-order chi connectivity index (χ0) is 17.6. The number of thioether (sulfide) groups is 1. The predicted molar refractivity (Wildman–Crippen MR) is 90.1 cm³/mol. The number of carbonyl (C=O) groups is 1. The maximum absolute atomic E-state index is 12.3. The fraction of sp³-hybridized carbons (Fsp3) is 0.588. The number of hydrogen-bond acceptors (Lipinski definition) is 3. The van der Waals surface area contributed by atoms with Crippen molar-refractivity contribution in [1.29, 1.82) is 0 Å². The van der Waals surface area contributed by atoms with Gasteiger partial charge in [0, 0.05) is 23.5 Å². The summed E-state index contributed by atoms with van der Waals surface area (Å²) in [6.07, 6.45) is 3.77. The van der Waals surface area contributed by atoms with Gasteiger partial charge in [-0.3, -0.25) is 4.79 Å². The van der Waals surface area contributed by atoms with E-state index in [0.29, 0.717) is 18.0 Å². The summed E-state index contributed by atoms with van der Waals surface area (Å²) in [7, 11) is 0. The molecule has 1 aliphatic rings. The van der Waals surface area contributed by atoms with Gasteiger partial charge in [0.15, 0.2) is 0 Å². The van der Waals surface area contributed by atoms with Gasteiger partial charge in [-0.1, -0.05) is 13.3 Å². The number of piperidine rings is 1. The number of likely N-dealkylation sites (tertiary alicyclic amines) is 1. The van der Waals surface area contributed by atoms with E-state index in [4.69, 9.17) is 0 Å². The smallest absolute Gasteiger partial charge is 0.352 e. The lowest BCUT2D eigenvalue weighted by atomic mass is 10.1. The predicted octanol–water partition coefficient (Wildman–Crippen LogP) is 4.15. The zero-order valence-corrected chi connectivity index (χ0v) is 14.6. The van der Waals surface area contributed by atoms with Crippen molar-refractivity contribution in [2.24, 2.45) is 5.92 Å². The first-order chi connectivity index (χ1) is 11.3. The number of nitrogens with one attached hydrogen (secondary N) is 1. The Morgan fingerprint density at radius 2 is 1.83 bits per heavy atom. The molecule has 1 atom stereocenters. The molecule has 0 spiro atoms. The summed E-state index contributed by atoms with van der Waals surface area (Å²) in [6.45, 7) is 5.86. The number of amides is 1. The van der Waals surface area contributed by atoms with Gasteiger partial charge < -0.3 is 10.2 Å². The topological polar surface area (TPSA) is 32.3 Å². The highest BCUT2D eigenvalue weighted by molar-refractivity contribution is 8.00. The number of carbonyl (C=O) groups excluding carboxylic acids is 1. The summed E-state index contributed by atoms with van der Waals surface area (Å²) < 4.78 is 36.8. The maximum atomic E-state index is 12.3. The second-order valence-electron chi connectivity index (χ2n) is 6.25. The van der Waals surface area contributed by atoms with Gasteiger partial charge in [-0.2, -0.15) is 13.2 Å². The van der Waals surface area contributed by atoms with Gasteiger partial charge in [0.1, 0.15) is 0 Å². The van der Waals surface area contributed by atoms with Gasteiger partial charge in [-0.15, -0.1) is 0 Å². The van der Waals surface area contributed by atoms with Crippen molar-refractivity contribution in [2.45, 2.75) is 36.6 Å². The van der Waals surface area contributed by atoms with Crippen LogP contribution in [0.2, 0.25) is 0 Å². The summed E-state index contributed by atoms with van der Waals surface area (Å²) in [5.74, 6) is 0.0937. The van der Waals surface area contributed by atoms with Crippen molar-refractivity contribution in [3.63, 3.8) is 0 Å². The average molecular weight is 360 g/mol. The minimum absolute atomic E-state index is 0.0810. The largest absolute Gasteiger partial charge is 0.446 e. The quantitative estimate of drug-likeness (QED) is 0.774. The van der Waals surface area contributed by atoms with Gasteiger partial charge in [-0.05, 0) is 67.9 Å². The molecule has 3 nitrogen and oxygen atoms in total. The summed E-state index contributed by atoms with van der Waals surface area (Å²) >= 11 is -0.178. The van der Waals surface area contributed by atoms with Crippen LogP contribution in [0.4, 0.5) is 13.2 Å². The average Bonchev–Trinajstić information content (AvgIpc) is 2.53. The highest BCUT2D eigenvalue weighted by atomic mass is 32.2. The number of hydrogen-bond donors (Lipinski definition) is 1. The Balaban J connectivity index is 1.77. The van der Waals surface area contributed by atoms with Crippen molar-refractivity contribution in [3.8, 4) is 0 Å². The molecule has 134 valence electrons. The Morgan fingerprint density at radius 1 is 1.21 bits per heavy atom. The fourth-order valence-corrected chi connectivity index (χ4v) is 3.36. The van der Waals surface area contributed by atoms with Crippen LogP contribution in [0.3, 0.4) is 0 Å². The van der Waals surface area contributed by atoms with Crippen LogP contribution in [0.1, 0.15) is 36.5 Å². The molecule has 1 aliphatic heterocycles. The number of alkyl halides is 3. The van der Waals surface area contributed by atoms with Crippen LogP contribution in [0.5, 0.6) is 0 Å². The van der Waals surface area contributed by atoms with Crippen molar-refractivity contribution in [1.82, 2.24) is 10.2 Å². The van der Waals surface area contributed by atoms with Crippen molar-refractivity contribution < 1.29 is 18.0 Å². The van der Waals surface area contributed by atoms with E-state index in [1.807, 2.05) is 0 Å². The molecule has 0 aliphatic carbocycles. The first-order valence-electron chi connectivity index (χ1n) is 8.20. The summed E-state index contributed by atoms with van der Waals surface area (Å²) in [4.78, 5) is 14.6. The molecule has 0 aromatic heterocycles. The van der Waals surface area contributed by atoms with Gasteiger partial charge in [0.2, 0.25) is 0 Å². The number of benzene rings is 1. The molecule has 24 heavy (non-hydrogen) atoms. The van der Waals surface area contributed by atoms with E-state index in [2.05, 4.69) is 17.1 Å². The number of halogens is 3. The molecule has 1 amide bonds. The Bertz CT molecular complexity index is 528. The fourth-order valence-electron chi connectivity index (χ4n) is 2.82. The summed E-state index contributed by atoms with van der Waals surface area (Å²) in [5, 5.41) is 2.86. The van der Waals surface area contributed by atoms with Crippen LogP contribution in [0.25, 0.3) is 0 Å². The van der Waals surface area contributed by atoms with Gasteiger partial charge >= 0.3 is 5.51 Å². The number of nitrogens with zero attached hydrogens (tertiary/aromatic N) is 1.